The highest BCUT2D eigenvalue weighted by atomic mass is 35.5. The monoisotopic (exact) mass is 403 g/mol. The maximum Gasteiger partial charge on any atom is 0.225 e. The summed E-state index contributed by atoms with van der Waals surface area (Å²) in [5.74, 6) is 1.04. The second kappa shape index (κ2) is 9.41. The van der Waals surface area contributed by atoms with Gasteiger partial charge in [0.25, 0.3) is 0 Å². The van der Waals surface area contributed by atoms with Crippen LogP contribution in [0.15, 0.2) is 54.6 Å². The molecule has 4 N–H and O–H groups in total. The van der Waals surface area contributed by atoms with E-state index in [0.717, 1.165) is 11.3 Å². The van der Waals surface area contributed by atoms with Crippen LogP contribution in [0.5, 0.6) is 0 Å². The summed E-state index contributed by atoms with van der Waals surface area (Å²) in [5.41, 5.74) is 8.49. The van der Waals surface area contributed by atoms with E-state index in [-0.39, 0.29) is 6.61 Å². The van der Waals surface area contributed by atoms with Gasteiger partial charge in [-0.1, -0.05) is 53.5 Å². The van der Waals surface area contributed by atoms with Gasteiger partial charge in [0.05, 0.1) is 16.4 Å². The van der Waals surface area contributed by atoms with E-state index in [9.17, 15) is 0 Å². The fraction of sp³-hybridized carbons (Fsp3) is 0.158. The smallest absolute Gasteiger partial charge is 0.225 e. The largest absolute Gasteiger partial charge is 0.396 e. The van der Waals surface area contributed by atoms with Gasteiger partial charge < -0.3 is 10.4 Å². The third kappa shape index (κ3) is 5.47. The third-order valence-corrected chi connectivity index (χ3v) is 4.22. The Morgan fingerprint density at radius 2 is 1.74 bits per heavy atom. The molecule has 0 spiro atoms. The number of aromatic nitrogens is 2. The van der Waals surface area contributed by atoms with Crippen LogP contribution in [0.3, 0.4) is 0 Å². The summed E-state index contributed by atoms with van der Waals surface area (Å²) < 4.78 is 0. The fourth-order valence-electron chi connectivity index (χ4n) is 2.35. The highest BCUT2D eigenvalue weighted by molar-refractivity contribution is 6.36. The molecule has 3 aromatic rings. The van der Waals surface area contributed by atoms with E-state index < -0.39 is 0 Å². The Bertz CT molecular complexity index is 893. The summed E-state index contributed by atoms with van der Waals surface area (Å²) in [6, 6.07) is 16.8. The molecule has 0 saturated heterocycles. The normalized spacial score (nSPS) is 10.5. The molecular formula is C19H19Cl2N5O. The number of aliphatic hydroxyl groups is 1. The zero-order valence-corrected chi connectivity index (χ0v) is 15.9. The van der Waals surface area contributed by atoms with Crippen molar-refractivity contribution in [2.45, 2.75) is 6.42 Å². The van der Waals surface area contributed by atoms with Crippen molar-refractivity contribution < 1.29 is 5.11 Å². The van der Waals surface area contributed by atoms with E-state index in [4.69, 9.17) is 28.3 Å². The minimum absolute atomic E-state index is 0.104. The Labute approximate surface area is 167 Å². The van der Waals surface area contributed by atoms with Crippen LogP contribution in [0.1, 0.15) is 6.42 Å². The molecule has 0 unspecified atom stereocenters. The van der Waals surface area contributed by atoms with E-state index in [0.29, 0.717) is 40.5 Å². The quantitative estimate of drug-likeness (QED) is 0.322. The van der Waals surface area contributed by atoms with Crippen molar-refractivity contribution in [1.82, 2.24) is 9.97 Å². The molecule has 0 fully saturated rings. The summed E-state index contributed by atoms with van der Waals surface area (Å²) in [5, 5.41) is 13.1. The van der Waals surface area contributed by atoms with Crippen molar-refractivity contribution in [3.63, 3.8) is 0 Å². The zero-order chi connectivity index (χ0) is 19.1. The Hall–Kier alpha value is -2.54. The van der Waals surface area contributed by atoms with Crippen LogP contribution >= 0.6 is 23.2 Å². The van der Waals surface area contributed by atoms with Crippen molar-refractivity contribution in [2.75, 3.05) is 29.3 Å². The van der Waals surface area contributed by atoms with Gasteiger partial charge in [-0.15, -0.1) is 0 Å². The fourth-order valence-corrected chi connectivity index (χ4v) is 2.80. The van der Waals surface area contributed by atoms with Gasteiger partial charge >= 0.3 is 0 Å². The molecular weight excluding hydrogens is 385 g/mol. The maximum absolute atomic E-state index is 8.96. The molecule has 0 bridgehead atoms. The second-order valence-corrected chi connectivity index (χ2v) is 6.55. The van der Waals surface area contributed by atoms with Crippen molar-refractivity contribution in [1.29, 1.82) is 0 Å². The third-order valence-electron chi connectivity index (χ3n) is 3.67. The predicted molar refractivity (Wildman–Crippen MR) is 111 cm³/mol. The maximum atomic E-state index is 8.96. The number of nitrogens with one attached hydrogen (secondary N) is 3. The van der Waals surface area contributed by atoms with Crippen LogP contribution in [-0.2, 0) is 0 Å². The van der Waals surface area contributed by atoms with Gasteiger partial charge in [0.1, 0.15) is 0 Å². The lowest BCUT2D eigenvalue weighted by Crippen LogP contribution is -2.13. The zero-order valence-electron chi connectivity index (χ0n) is 14.4. The molecule has 3 rings (SSSR count). The van der Waals surface area contributed by atoms with Crippen molar-refractivity contribution in [2.24, 2.45) is 0 Å². The average Bonchev–Trinajstić information content (AvgIpc) is 2.68. The molecule has 1 aromatic heterocycles. The first-order valence-electron chi connectivity index (χ1n) is 8.42. The summed E-state index contributed by atoms with van der Waals surface area (Å²) in [6.45, 7) is 0.678. The minimum Gasteiger partial charge on any atom is -0.396 e. The molecule has 0 atom stereocenters. The summed E-state index contributed by atoms with van der Waals surface area (Å²) >= 11 is 12.1. The van der Waals surface area contributed by atoms with Gasteiger partial charge in [0.2, 0.25) is 5.95 Å². The minimum atomic E-state index is 0.104. The molecule has 0 saturated carbocycles. The van der Waals surface area contributed by atoms with Gasteiger partial charge in [-0.05, 0) is 24.6 Å². The number of rotatable bonds is 8. The van der Waals surface area contributed by atoms with E-state index in [1.807, 2.05) is 36.4 Å². The second-order valence-electron chi connectivity index (χ2n) is 5.71. The number of hydrogen-bond donors (Lipinski definition) is 4. The van der Waals surface area contributed by atoms with Crippen molar-refractivity contribution in [3.05, 3.63) is 64.6 Å². The number of benzene rings is 2. The van der Waals surface area contributed by atoms with Crippen LogP contribution in [0, 0.1) is 0 Å². The Balaban J connectivity index is 1.83. The number of nitrogens with zero attached hydrogens (tertiary/aromatic N) is 2. The van der Waals surface area contributed by atoms with Gasteiger partial charge in [-0.2, -0.15) is 4.98 Å². The first kappa shape index (κ1) is 19.2. The lowest BCUT2D eigenvalue weighted by molar-refractivity contribution is 0.292. The number of anilines is 3. The molecule has 1 heterocycles. The molecule has 0 aliphatic heterocycles. The summed E-state index contributed by atoms with van der Waals surface area (Å²) in [6.07, 6.45) is 0.611. The van der Waals surface area contributed by atoms with Gasteiger partial charge in [-0.3, -0.25) is 10.9 Å². The van der Waals surface area contributed by atoms with E-state index >= 15 is 0 Å². The van der Waals surface area contributed by atoms with Crippen LogP contribution in [0.25, 0.3) is 11.3 Å². The lowest BCUT2D eigenvalue weighted by atomic mass is 10.1. The first-order valence-corrected chi connectivity index (χ1v) is 9.17. The molecule has 0 aliphatic carbocycles. The number of halogens is 2. The first-order chi connectivity index (χ1) is 13.2. The lowest BCUT2D eigenvalue weighted by Gasteiger charge is -2.13. The highest BCUT2D eigenvalue weighted by Gasteiger charge is 2.07. The molecule has 2 aromatic carbocycles. The van der Waals surface area contributed by atoms with Crippen molar-refractivity contribution >= 4 is 40.7 Å². The van der Waals surface area contributed by atoms with Crippen LogP contribution in [0.4, 0.5) is 17.5 Å². The van der Waals surface area contributed by atoms with Crippen LogP contribution in [-0.4, -0.2) is 28.2 Å². The van der Waals surface area contributed by atoms with Gasteiger partial charge in [0, 0.05) is 29.8 Å². The molecule has 27 heavy (non-hydrogen) atoms. The van der Waals surface area contributed by atoms with Crippen molar-refractivity contribution in [3.8, 4) is 11.3 Å². The molecule has 6 nitrogen and oxygen atoms in total. The van der Waals surface area contributed by atoms with Gasteiger partial charge in [0.15, 0.2) is 5.82 Å². The summed E-state index contributed by atoms with van der Waals surface area (Å²) in [7, 11) is 0. The predicted octanol–water partition coefficient (Wildman–Crippen LogP) is 4.68. The standard InChI is InChI=1S/C19H19Cl2N5O/c20-14-7-8-16(15(21)11-14)25-26-18-12-17(13-5-2-1-3-6-13)23-19(24-18)22-9-4-10-27/h1-3,5-8,11-12,25,27H,4,9-10H2,(H2,22,23,24,26). The number of aliphatic hydroxyl groups excluding tert-OH is 1. The van der Waals surface area contributed by atoms with Crippen LogP contribution < -0.4 is 16.2 Å². The molecule has 0 amide bonds. The molecule has 0 radical (unpaired) electrons. The number of hydrogen-bond acceptors (Lipinski definition) is 6. The average molecular weight is 404 g/mol. The topological polar surface area (TPSA) is 82.1 Å². The summed E-state index contributed by atoms with van der Waals surface area (Å²) in [4.78, 5) is 8.99. The Morgan fingerprint density at radius 1 is 0.926 bits per heavy atom. The molecule has 140 valence electrons. The van der Waals surface area contributed by atoms with Gasteiger partial charge in [-0.25, -0.2) is 4.98 Å². The molecule has 0 aliphatic rings. The Morgan fingerprint density at radius 3 is 2.48 bits per heavy atom. The Kier molecular flexibility index (Phi) is 6.70. The molecule has 8 heteroatoms. The SMILES string of the molecule is OCCCNc1nc(NNc2ccc(Cl)cc2Cl)cc(-c2ccccc2)n1. The highest BCUT2D eigenvalue weighted by Crippen LogP contribution is 2.26. The van der Waals surface area contributed by atoms with E-state index in [2.05, 4.69) is 26.1 Å². The number of hydrazine groups is 1. The van der Waals surface area contributed by atoms with Crippen LogP contribution in [0.2, 0.25) is 10.0 Å². The van der Waals surface area contributed by atoms with E-state index in [1.54, 1.807) is 18.2 Å². The van der Waals surface area contributed by atoms with E-state index in [1.165, 1.54) is 0 Å².